The van der Waals surface area contributed by atoms with Gasteiger partial charge < -0.3 is 20.8 Å². The molecule has 0 aliphatic carbocycles. The van der Waals surface area contributed by atoms with E-state index in [0.29, 0.717) is 12.2 Å². The molecule has 4 N–H and O–H groups in total. The van der Waals surface area contributed by atoms with Gasteiger partial charge in [-0.2, -0.15) is 0 Å². The highest BCUT2D eigenvalue weighted by Crippen LogP contribution is 2.26. The number of rotatable bonds is 5. The second-order valence-electron chi connectivity index (χ2n) is 6.28. The summed E-state index contributed by atoms with van der Waals surface area (Å²) in [6.45, 7) is 4.46. The zero-order valence-corrected chi connectivity index (χ0v) is 14.8. The number of amides is 3. The number of urea groups is 1. The summed E-state index contributed by atoms with van der Waals surface area (Å²) >= 11 is 0. The van der Waals surface area contributed by atoms with Gasteiger partial charge in [0.25, 0.3) is 0 Å². The van der Waals surface area contributed by atoms with Crippen LogP contribution in [0.1, 0.15) is 22.3 Å². The molecule has 6 nitrogen and oxygen atoms in total. The number of hydrogen-bond acceptors (Lipinski definition) is 3. The summed E-state index contributed by atoms with van der Waals surface area (Å²) in [6.07, 6.45) is 1.91. The van der Waals surface area contributed by atoms with Crippen LogP contribution in [0.2, 0.25) is 0 Å². The minimum atomic E-state index is -0.608. The summed E-state index contributed by atoms with van der Waals surface area (Å²) in [5, 5.41) is 6.37. The fraction of sp³-hybridized carbons (Fsp3) is 0.200. The largest absolute Gasteiger partial charge is 0.464 e. The summed E-state index contributed by atoms with van der Waals surface area (Å²) in [6, 6.07) is 10.5. The Labute approximate surface area is 151 Å². The topological polar surface area (TPSA) is 97.4 Å². The molecule has 3 amide bonds. The van der Waals surface area contributed by atoms with Crippen molar-refractivity contribution in [1.82, 2.24) is 5.32 Å². The van der Waals surface area contributed by atoms with Crippen LogP contribution in [-0.4, -0.2) is 11.9 Å². The quantitative estimate of drug-likeness (QED) is 0.657. The molecule has 3 aromatic rings. The van der Waals surface area contributed by atoms with Crippen molar-refractivity contribution in [1.29, 1.82) is 0 Å². The van der Waals surface area contributed by atoms with Crippen LogP contribution in [0.4, 0.5) is 10.5 Å². The maximum absolute atomic E-state index is 12.3. The Hall–Kier alpha value is -3.28. The molecule has 1 aromatic heterocycles. The number of anilines is 1. The van der Waals surface area contributed by atoms with Crippen LogP contribution in [0.3, 0.4) is 0 Å². The zero-order chi connectivity index (χ0) is 18.7. The smallest absolute Gasteiger partial charge is 0.316 e. The van der Waals surface area contributed by atoms with E-state index in [1.54, 1.807) is 18.4 Å². The third-order valence-electron chi connectivity index (χ3n) is 4.40. The monoisotopic (exact) mass is 351 g/mol. The normalized spacial score (nSPS) is 10.7. The molecule has 1 heterocycles. The van der Waals surface area contributed by atoms with E-state index in [-0.39, 0.29) is 12.3 Å². The molecular formula is C20H21N3O3. The van der Waals surface area contributed by atoms with Gasteiger partial charge in [0.2, 0.25) is 5.91 Å². The standard InChI is InChI=1S/C20H21N3O3/c1-12-3-8-17-15(11-26-19(17)13(12)2)9-18(24)22-10-14-4-6-16(7-5-14)23-20(21)25/h3-8,11H,9-10H2,1-2H3,(H,22,24)(H3,21,23,25). The molecule has 26 heavy (non-hydrogen) atoms. The minimum Gasteiger partial charge on any atom is -0.464 e. The summed E-state index contributed by atoms with van der Waals surface area (Å²) in [5.41, 5.74) is 10.6. The van der Waals surface area contributed by atoms with Crippen molar-refractivity contribution in [2.24, 2.45) is 5.73 Å². The number of fused-ring (bicyclic) bond motifs is 1. The van der Waals surface area contributed by atoms with Gasteiger partial charge in [0.15, 0.2) is 0 Å². The van der Waals surface area contributed by atoms with E-state index in [1.807, 2.05) is 38.1 Å². The number of hydrogen-bond donors (Lipinski definition) is 3. The summed E-state index contributed by atoms with van der Waals surface area (Å²) in [5.74, 6) is -0.0785. The Kier molecular flexibility index (Phi) is 4.93. The number of furan rings is 1. The number of nitrogens with one attached hydrogen (secondary N) is 2. The first-order valence-electron chi connectivity index (χ1n) is 8.32. The average Bonchev–Trinajstić information content (AvgIpc) is 3.00. The van der Waals surface area contributed by atoms with Crippen molar-refractivity contribution in [3.05, 3.63) is 64.9 Å². The van der Waals surface area contributed by atoms with Crippen LogP contribution >= 0.6 is 0 Å². The van der Waals surface area contributed by atoms with E-state index in [1.165, 1.54) is 0 Å². The number of aryl methyl sites for hydroxylation is 2. The van der Waals surface area contributed by atoms with Crippen LogP contribution in [0, 0.1) is 13.8 Å². The first kappa shape index (κ1) is 17.5. The Bertz CT molecular complexity index is 958. The minimum absolute atomic E-state index is 0.0785. The van der Waals surface area contributed by atoms with Crippen molar-refractivity contribution in [3.8, 4) is 0 Å². The summed E-state index contributed by atoms with van der Waals surface area (Å²) < 4.78 is 5.64. The maximum atomic E-state index is 12.3. The fourth-order valence-electron chi connectivity index (χ4n) is 2.81. The van der Waals surface area contributed by atoms with E-state index in [9.17, 15) is 9.59 Å². The maximum Gasteiger partial charge on any atom is 0.316 e. The highest BCUT2D eigenvalue weighted by molar-refractivity contribution is 5.89. The third kappa shape index (κ3) is 3.85. The molecule has 0 unspecified atom stereocenters. The predicted octanol–water partition coefficient (Wildman–Crippen LogP) is 3.40. The molecule has 3 rings (SSSR count). The molecule has 6 heteroatoms. The van der Waals surface area contributed by atoms with Gasteiger partial charge in [-0.1, -0.05) is 24.3 Å². The lowest BCUT2D eigenvalue weighted by Crippen LogP contribution is -2.24. The average molecular weight is 351 g/mol. The number of carbonyl (C=O) groups excluding carboxylic acids is 2. The lowest BCUT2D eigenvalue weighted by atomic mass is 10.0. The van der Waals surface area contributed by atoms with E-state index < -0.39 is 6.03 Å². The van der Waals surface area contributed by atoms with E-state index in [2.05, 4.69) is 10.6 Å². The molecule has 0 spiro atoms. The lowest BCUT2D eigenvalue weighted by molar-refractivity contribution is -0.120. The molecule has 134 valence electrons. The van der Waals surface area contributed by atoms with E-state index in [4.69, 9.17) is 10.2 Å². The Morgan fingerprint density at radius 1 is 1.08 bits per heavy atom. The molecule has 0 radical (unpaired) electrons. The second kappa shape index (κ2) is 7.31. The molecular weight excluding hydrogens is 330 g/mol. The van der Waals surface area contributed by atoms with Gasteiger partial charge in [-0.25, -0.2) is 4.79 Å². The summed E-state index contributed by atoms with van der Waals surface area (Å²) in [7, 11) is 0. The Balaban J connectivity index is 1.61. The summed E-state index contributed by atoms with van der Waals surface area (Å²) in [4.78, 5) is 23.1. The SMILES string of the molecule is Cc1ccc2c(CC(=O)NCc3ccc(NC(N)=O)cc3)coc2c1C. The molecule has 0 saturated heterocycles. The zero-order valence-electron chi connectivity index (χ0n) is 14.8. The molecule has 0 fully saturated rings. The van der Waals surface area contributed by atoms with Crippen LogP contribution in [0.25, 0.3) is 11.0 Å². The lowest BCUT2D eigenvalue weighted by Gasteiger charge is -2.07. The molecule has 0 aliphatic heterocycles. The number of primary amides is 1. The van der Waals surface area contributed by atoms with Crippen molar-refractivity contribution >= 4 is 28.6 Å². The molecule has 2 aromatic carbocycles. The van der Waals surface area contributed by atoms with Gasteiger partial charge in [-0.15, -0.1) is 0 Å². The number of carbonyl (C=O) groups is 2. The van der Waals surface area contributed by atoms with Crippen molar-refractivity contribution < 1.29 is 14.0 Å². The fourth-order valence-corrected chi connectivity index (χ4v) is 2.81. The van der Waals surface area contributed by atoms with Crippen LogP contribution in [0.5, 0.6) is 0 Å². The highest BCUT2D eigenvalue weighted by atomic mass is 16.3. The number of benzene rings is 2. The molecule has 0 saturated carbocycles. The van der Waals surface area contributed by atoms with Crippen LogP contribution in [0.15, 0.2) is 47.1 Å². The first-order valence-corrected chi connectivity index (χ1v) is 8.32. The van der Waals surface area contributed by atoms with Crippen LogP contribution < -0.4 is 16.4 Å². The van der Waals surface area contributed by atoms with Crippen molar-refractivity contribution in [2.45, 2.75) is 26.8 Å². The van der Waals surface area contributed by atoms with E-state index >= 15 is 0 Å². The first-order chi connectivity index (χ1) is 12.4. The highest BCUT2D eigenvalue weighted by Gasteiger charge is 2.12. The predicted molar refractivity (Wildman–Crippen MR) is 101 cm³/mol. The third-order valence-corrected chi connectivity index (χ3v) is 4.40. The molecule has 0 bridgehead atoms. The molecule has 0 aliphatic rings. The Morgan fingerprint density at radius 3 is 2.50 bits per heavy atom. The van der Waals surface area contributed by atoms with Gasteiger partial charge in [0.05, 0.1) is 12.7 Å². The second-order valence-corrected chi connectivity index (χ2v) is 6.28. The van der Waals surface area contributed by atoms with Crippen LogP contribution in [-0.2, 0) is 17.8 Å². The van der Waals surface area contributed by atoms with Crippen molar-refractivity contribution in [2.75, 3.05) is 5.32 Å². The Morgan fingerprint density at radius 2 is 1.81 bits per heavy atom. The van der Waals surface area contributed by atoms with Crippen molar-refractivity contribution in [3.63, 3.8) is 0 Å². The van der Waals surface area contributed by atoms with Gasteiger partial charge >= 0.3 is 6.03 Å². The molecule has 0 atom stereocenters. The van der Waals surface area contributed by atoms with Gasteiger partial charge in [-0.05, 0) is 42.7 Å². The van der Waals surface area contributed by atoms with Gasteiger partial charge in [-0.3, -0.25) is 4.79 Å². The van der Waals surface area contributed by atoms with Gasteiger partial charge in [0.1, 0.15) is 5.58 Å². The van der Waals surface area contributed by atoms with E-state index in [0.717, 1.165) is 33.2 Å². The number of nitrogens with two attached hydrogens (primary N) is 1. The van der Waals surface area contributed by atoms with Gasteiger partial charge in [0, 0.05) is 23.2 Å².